The molecule has 1 heterocycles. The van der Waals surface area contributed by atoms with Gasteiger partial charge in [0.05, 0.1) is 12.7 Å². The zero-order valence-electron chi connectivity index (χ0n) is 10.0. The number of oxime groups is 1. The normalized spacial score (nSPS) is 11.7. The first-order valence-electron chi connectivity index (χ1n) is 5.57. The molecule has 1 aromatic carbocycles. The maximum absolute atomic E-state index is 8.59. The number of amidine groups is 1. The maximum atomic E-state index is 8.59. The summed E-state index contributed by atoms with van der Waals surface area (Å²) in [5, 5.41) is 18.9. The van der Waals surface area contributed by atoms with Gasteiger partial charge in [-0.1, -0.05) is 34.0 Å². The van der Waals surface area contributed by atoms with Crippen LogP contribution >= 0.6 is 11.6 Å². The minimum atomic E-state index is 0.0306. The van der Waals surface area contributed by atoms with Crippen LogP contribution in [0.1, 0.15) is 16.9 Å². The van der Waals surface area contributed by atoms with Gasteiger partial charge in [0.1, 0.15) is 5.76 Å². The SMILES string of the molecule is N/C(=N/O)c1ccc(CNCc2ccno2)c(Cl)c1. The Labute approximate surface area is 114 Å². The lowest BCUT2D eigenvalue weighted by Crippen LogP contribution is -2.15. The zero-order valence-corrected chi connectivity index (χ0v) is 10.8. The van der Waals surface area contributed by atoms with Gasteiger partial charge in [-0.2, -0.15) is 0 Å². The Morgan fingerprint density at radius 1 is 1.42 bits per heavy atom. The number of hydrogen-bond donors (Lipinski definition) is 3. The molecule has 0 fully saturated rings. The second-order valence-electron chi connectivity index (χ2n) is 3.87. The third-order valence-corrected chi connectivity index (χ3v) is 2.91. The highest BCUT2D eigenvalue weighted by Gasteiger charge is 2.05. The average Bonchev–Trinajstić information content (AvgIpc) is 2.93. The minimum absolute atomic E-state index is 0.0306. The van der Waals surface area contributed by atoms with Crippen molar-refractivity contribution in [2.45, 2.75) is 13.1 Å². The lowest BCUT2D eigenvalue weighted by Gasteiger charge is -2.07. The van der Waals surface area contributed by atoms with Crippen molar-refractivity contribution in [3.05, 3.63) is 52.4 Å². The average molecular weight is 281 g/mol. The summed E-state index contributed by atoms with van der Waals surface area (Å²) in [5.41, 5.74) is 6.97. The third kappa shape index (κ3) is 3.46. The molecule has 0 spiro atoms. The van der Waals surface area contributed by atoms with Crippen LogP contribution in [0.5, 0.6) is 0 Å². The van der Waals surface area contributed by atoms with Crippen molar-refractivity contribution >= 4 is 17.4 Å². The van der Waals surface area contributed by atoms with Crippen molar-refractivity contribution < 1.29 is 9.73 Å². The second kappa shape index (κ2) is 6.21. The van der Waals surface area contributed by atoms with Gasteiger partial charge < -0.3 is 20.8 Å². The van der Waals surface area contributed by atoms with E-state index in [9.17, 15) is 0 Å². The second-order valence-corrected chi connectivity index (χ2v) is 4.28. The van der Waals surface area contributed by atoms with E-state index in [1.165, 1.54) is 0 Å². The standard InChI is InChI=1S/C12H13ClN4O2/c13-11-5-8(12(14)17-18)1-2-9(11)6-15-7-10-3-4-16-19-10/h1-5,15,18H,6-7H2,(H2,14,17). The summed E-state index contributed by atoms with van der Waals surface area (Å²) in [6.45, 7) is 1.15. The van der Waals surface area contributed by atoms with Gasteiger partial charge in [0.15, 0.2) is 5.84 Å². The summed E-state index contributed by atoms with van der Waals surface area (Å²) in [6, 6.07) is 7.01. The van der Waals surface area contributed by atoms with Crippen molar-refractivity contribution in [2.75, 3.05) is 0 Å². The van der Waals surface area contributed by atoms with Crippen LogP contribution in [0, 0.1) is 0 Å². The van der Waals surface area contributed by atoms with Gasteiger partial charge in [0.2, 0.25) is 0 Å². The molecule has 100 valence electrons. The predicted molar refractivity (Wildman–Crippen MR) is 71.0 cm³/mol. The molecule has 0 saturated heterocycles. The number of benzene rings is 1. The first-order chi connectivity index (χ1) is 9.20. The van der Waals surface area contributed by atoms with E-state index < -0.39 is 0 Å². The Hall–Kier alpha value is -2.05. The van der Waals surface area contributed by atoms with Gasteiger partial charge >= 0.3 is 0 Å². The number of aromatic nitrogens is 1. The molecule has 0 aliphatic rings. The lowest BCUT2D eigenvalue weighted by atomic mass is 10.1. The lowest BCUT2D eigenvalue weighted by molar-refractivity contribution is 0.318. The van der Waals surface area contributed by atoms with Crippen LogP contribution in [0.3, 0.4) is 0 Å². The van der Waals surface area contributed by atoms with E-state index >= 15 is 0 Å². The third-order valence-electron chi connectivity index (χ3n) is 2.56. The van der Waals surface area contributed by atoms with Crippen molar-refractivity contribution in [1.29, 1.82) is 0 Å². The molecule has 0 bridgehead atoms. The Balaban J connectivity index is 1.97. The molecule has 7 heteroatoms. The van der Waals surface area contributed by atoms with Crippen LogP contribution in [-0.4, -0.2) is 16.2 Å². The molecular formula is C12H13ClN4O2. The summed E-state index contributed by atoms with van der Waals surface area (Å²) >= 11 is 6.12. The summed E-state index contributed by atoms with van der Waals surface area (Å²) < 4.78 is 4.96. The number of nitrogens with two attached hydrogens (primary N) is 1. The molecule has 0 aliphatic carbocycles. The Bertz CT molecular complexity index is 569. The first kappa shape index (κ1) is 13.4. The maximum Gasteiger partial charge on any atom is 0.170 e. The first-order valence-corrected chi connectivity index (χ1v) is 5.95. The highest BCUT2D eigenvalue weighted by molar-refractivity contribution is 6.31. The summed E-state index contributed by atoms with van der Waals surface area (Å²) in [7, 11) is 0. The molecule has 1 aromatic heterocycles. The monoisotopic (exact) mass is 280 g/mol. The highest BCUT2D eigenvalue weighted by atomic mass is 35.5. The molecule has 4 N–H and O–H groups in total. The predicted octanol–water partition coefficient (Wildman–Crippen LogP) is 1.71. The van der Waals surface area contributed by atoms with Gasteiger partial charge in [-0.15, -0.1) is 0 Å². The van der Waals surface area contributed by atoms with E-state index in [4.69, 9.17) is 27.1 Å². The molecule has 2 rings (SSSR count). The molecule has 0 saturated carbocycles. The molecule has 0 aliphatic heterocycles. The van der Waals surface area contributed by atoms with Gasteiger partial charge in [0, 0.05) is 23.2 Å². The highest BCUT2D eigenvalue weighted by Crippen LogP contribution is 2.18. The number of nitrogens with zero attached hydrogens (tertiary/aromatic N) is 2. The smallest absolute Gasteiger partial charge is 0.170 e. The molecule has 2 aromatic rings. The van der Waals surface area contributed by atoms with E-state index in [-0.39, 0.29) is 5.84 Å². The quantitative estimate of drug-likeness (QED) is 0.335. The summed E-state index contributed by atoms with van der Waals surface area (Å²) in [5.74, 6) is 0.785. The van der Waals surface area contributed by atoms with Gasteiger partial charge in [-0.25, -0.2) is 0 Å². The summed E-state index contributed by atoms with van der Waals surface area (Å²) in [6.07, 6.45) is 1.59. The molecule has 0 amide bonds. The van der Waals surface area contributed by atoms with Crippen LogP contribution in [0.15, 0.2) is 40.1 Å². The van der Waals surface area contributed by atoms with E-state index in [2.05, 4.69) is 15.6 Å². The van der Waals surface area contributed by atoms with Crippen molar-refractivity contribution in [3.63, 3.8) is 0 Å². The zero-order chi connectivity index (χ0) is 13.7. The van der Waals surface area contributed by atoms with E-state index in [0.29, 0.717) is 23.7 Å². The molecular weight excluding hydrogens is 268 g/mol. The number of hydrogen-bond acceptors (Lipinski definition) is 5. The van der Waals surface area contributed by atoms with Gasteiger partial charge in [-0.3, -0.25) is 0 Å². The minimum Gasteiger partial charge on any atom is -0.409 e. The van der Waals surface area contributed by atoms with Crippen LogP contribution in [0.2, 0.25) is 5.02 Å². The Morgan fingerprint density at radius 2 is 2.26 bits per heavy atom. The number of rotatable bonds is 5. The van der Waals surface area contributed by atoms with Crippen LogP contribution in [0.25, 0.3) is 0 Å². The Morgan fingerprint density at radius 3 is 2.89 bits per heavy atom. The summed E-state index contributed by atoms with van der Waals surface area (Å²) in [4.78, 5) is 0. The van der Waals surface area contributed by atoms with Gasteiger partial charge in [-0.05, 0) is 11.6 Å². The van der Waals surface area contributed by atoms with E-state index in [0.717, 1.165) is 11.3 Å². The molecule has 0 atom stereocenters. The fourth-order valence-electron chi connectivity index (χ4n) is 1.56. The topological polar surface area (TPSA) is 96.7 Å². The van der Waals surface area contributed by atoms with Crippen LogP contribution in [-0.2, 0) is 13.1 Å². The van der Waals surface area contributed by atoms with Crippen molar-refractivity contribution in [3.8, 4) is 0 Å². The molecule has 0 radical (unpaired) electrons. The fourth-order valence-corrected chi connectivity index (χ4v) is 1.81. The Kier molecular flexibility index (Phi) is 4.38. The van der Waals surface area contributed by atoms with Crippen LogP contribution < -0.4 is 11.1 Å². The van der Waals surface area contributed by atoms with Crippen molar-refractivity contribution in [2.24, 2.45) is 10.9 Å². The molecule has 19 heavy (non-hydrogen) atoms. The largest absolute Gasteiger partial charge is 0.409 e. The van der Waals surface area contributed by atoms with E-state index in [1.54, 1.807) is 24.4 Å². The fraction of sp³-hybridized carbons (Fsp3) is 0.167. The van der Waals surface area contributed by atoms with Gasteiger partial charge in [0.25, 0.3) is 0 Å². The van der Waals surface area contributed by atoms with Crippen LogP contribution in [0.4, 0.5) is 0 Å². The molecule has 0 unspecified atom stereocenters. The van der Waals surface area contributed by atoms with E-state index in [1.807, 2.05) is 6.07 Å². The number of halogens is 1. The molecule has 6 nitrogen and oxygen atoms in total. The van der Waals surface area contributed by atoms with Crippen molar-refractivity contribution in [1.82, 2.24) is 10.5 Å². The number of nitrogens with one attached hydrogen (secondary N) is 1.